The summed E-state index contributed by atoms with van der Waals surface area (Å²) in [6, 6.07) is 12.7. The molecule has 0 spiro atoms. The van der Waals surface area contributed by atoms with Gasteiger partial charge in [0.25, 0.3) is 0 Å². The summed E-state index contributed by atoms with van der Waals surface area (Å²) in [6.07, 6.45) is 8.47. The molecule has 1 saturated heterocycles. The largest absolute Gasteiger partial charge is 0.369 e. The first-order chi connectivity index (χ1) is 15.3. The van der Waals surface area contributed by atoms with Crippen molar-refractivity contribution in [1.82, 2.24) is 19.8 Å². The number of aromatic nitrogens is 2. The van der Waals surface area contributed by atoms with Crippen LogP contribution in [0.2, 0.25) is 0 Å². The van der Waals surface area contributed by atoms with Crippen LogP contribution < -0.4 is 5.32 Å². The molecular weight excluding hydrogens is 401 g/mol. The highest BCUT2D eigenvalue weighted by atomic mass is 19.1. The number of aryl methyl sites for hydroxylation is 2. The van der Waals surface area contributed by atoms with E-state index in [1.165, 1.54) is 17.7 Å². The number of nitrogens with one attached hydrogen (secondary N) is 2. The minimum absolute atomic E-state index is 0.273. The van der Waals surface area contributed by atoms with Crippen LogP contribution in [0, 0.1) is 18.2 Å². The molecule has 1 unspecified atom stereocenters. The normalized spacial score (nSPS) is 18.4. The Morgan fingerprint density at radius 3 is 2.69 bits per heavy atom. The summed E-state index contributed by atoms with van der Waals surface area (Å²) in [5.74, 6) is 0.704. The Morgan fingerprint density at radius 1 is 1.28 bits per heavy atom. The SMILES string of the molecule is C=C1NCC(C)(c2ccc(F)cc2)N1C(=N)/C=C/c1ccc(-n2cnc(C)c2)c(CC)c1. The van der Waals surface area contributed by atoms with E-state index in [0.29, 0.717) is 18.2 Å². The van der Waals surface area contributed by atoms with Crippen LogP contribution in [0.25, 0.3) is 11.8 Å². The number of benzene rings is 2. The molecule has 3 aromatic rings. The number of hydrogen-bond donors (Lipinski definition) is 2. The first-order valence-electron chi connectivity index (χ1n) is 10.7. The average molecular weight is 430 g/mol. The Kier molecular flexibility index (Phi) is 5.70. The van der Waals surface area contributed by atoms with Crippen molar-refractivity contribution in [2.75, 3.05) is 6.54 Å². The van der Waals surface area contributed by atoms with Gasteiger partial charge in [-0.15, -0.1) is 0 Å². The molecule has 4 rings (SSSR count). The van der Waals surface area contributed by atoms with Gasteiger partial charge >= 0.3 is 0 Å². The van der Waals surface area contributed by atoms with Gasteiger partial charge in [0.2, 0.25) is 0 Å². The molecule has 0 aliphatic carbocycles. The zero-order chi connectivity index (χ0) is 22.9. The maximum absolute atomic E-state index is 13.4. The first-order valence-corrected chi connectivity index (χ1v) is 10.7. The van der Waals surface area contributed by atoms with Crippen molar-refractivity contribution in [2.45, 2.75) is 32.7 Å². The number of nitrogens with zero attached hydrogens (tertiary/aromatic N) is 3. The molecule has 6 heteroatoms. The molecular formula is C26H28FN5. The second kappa shape index (κ2) is 8.46. The molecule has 1 atom stereocenters. The van der Waals surface area contributed by atoms with Crippen molar-refractivity contribution < 1.29 is 4.39 Å². The Hall–Kier alpha value is -3.67. The van der Waals surface area contributed by atoms with E-state index < -0.39 is 5.54 Å². The summed E-state index contributed by atoms with van der Waals surface area (Å²) in [5.41, 5.74) is 4.73. The summed E-state index contributed by atoms with van der Waals surface area (Å²) in [6.45, 7) is 10.8. The van der Waals surface area contributed by atoms with Crippen LogP contribution in [0.15, 0.2) is 73.5 Å². The number of halogens is 1. The third kappa shape index (κ3) is 3.96. The number of rotatable bonds is 5. The molecule has 0 amide bonds. The van der Waals surface area contributed by atoms with Crippen molar-refractivity contribution in [3.63, 3.8) is 0 Å². The molecule has 1 aliphatic heterocycles. The number of imidazole rings is 1. The monoisotopic (exact) mass is 429 g/mol. The average Bonchev–Trinajstić information content (AvgIpc) is 3.35. The molecule has 2 aromatic carbocycles. The fourth-order valence-electron chi connectivity index (χ4n) is 4.23. The van der Waals surface area contributed by atoms with Crippen LogP contribution >= 0.6 is 0 Å². The van der Waals surface area contributed by atoms with Crippen molar-refractivity contribution >= 4 is 11.9 Å². The molecule has 0 radical (unpaired) electrons. The summed E-state index contributed by atoms with van der Waals surface area (Å²) in [7, 11) is 0. The maximum Gasteiger partial charge on any atom is 0.127 e. The summed E-state index contributed by atoms with van der Waals surface area (Å²) in [5, 5.41) is 12.0. The fourth-order valence-corrected chi connectivity index (χ4v) is 4.23. The highest BCUT2D eigenvalue weighted by Crippen LogP contribution is 2.35. The van der Waals surface area contributed by atoms with Gasteiger partial charge in [-0.2, -0.15) is 0 Å². The van der Waals surface area contributed by atoms with Gasteiger partial charge < -0.3 is 14.8 Å². The van der Waals surface area contributed by atoms with Crippen molar-refractivity contribution in [1.29, 1.82) is 5.41 Å². The zero-order valence-electron chi connectivity index (χ0n) is 18.7. The molecule has 164 valence electrons. The van der Waals surface area contributed by atoms with Crippen LogP contribution in [0.5, 0.6) is 0 Å². The topological polar surface area (TPSA) is 56.9 Å². The van der Waals surface area contributed by atoms with E-state index in [-0.39, 0.29) is 5.82 Å². The number of amidine groups is 1. The quantitative estimate of drug-likeness (QED) is 0.435. The molecule has 32 heavy (non-hydrogen) atoms. The van der Waals surface area contributed by atoms with Gasteiger partial charge in [-0.3, -0.25) is 5.41 Å². The highest BCUT2D eigenvalue weighted by Gasteiger charge is 2.41. The molecule has 1 fully saturated rings. The van der Waals surface area contributed by atoms with Gasteiger partial charge in [-0.1, -0.05) is 37.8 Å². The second-order valence-corrected chi connectivity index (χ2v) is 8.30. The van der Waals surface area contributed by atoms with Gasteiger partial charge in [0.15, 0.2) is 0 Å². The van der Waals surface area contributed by atoms with Crippen LogP contribution in [0.3, 0.4) is 0 Å². The Balaban J connectivity index is 1.59. The molecule has 0 saturated carbocycles. The minimum Gasteiger partial charge on any atom is -0.369 e. The lowest BCUT2D eigenvalue weighted by atomic mass is 9.91. The van der Waals surface area contributed by atoms with Crippen LogP contribution in [-0.4, -0.2) is 26.8 Å². The Morgan fingerprint density at radius 2 is 2.03 bits per heavy atom. The zero-order valence-corrected chi connectivity index (χ0v) is 18.7. The van der Waals surface area contributed by atoms with E-state index in [1.54, 1.807) is 18.2 Å². The molecule has 5 nitrogen and oxygen atoms in total. The van der Waals surface area contributed by atoms with Crippen LogP contribution in [0.1, 0.15) is 36.2 Å². The van der Waals surface area contributed by atoms with Crippen LogP contribution in [-0.2, 0) is 12.0 Å². The summed E-state index contributed by atoms with van der Waals surface area (Å²) >= 11 is 0. The Labute approximate surface area is 188 Å². The highest BCUT2D eigenvalue weighted by molar-refractivity contribution is 5.96. The van der Waals surface area contributed by atoms with Gasteiger partial charge in [0.05, 0.1) is 17.6 Å². The van der Waals surface area contributed by atoms with Crippen molar-refractivity contribution in [3.05, 3.63) is 102 Å². The smallest absolute Gasteiger partial charge is 0.127 e. The van der Waals surface area contributed by atoms with E-state index in [9.17, 15) is 4.39 Å². The lowest BCUT2D eigenvalue weighted by Gasteiger charge is -2.35. The van der Waals surface area contributed by atoms with Gasteiger partial charge in [0.1, 0.15) is 17.5 Å². The number of hydrogen-bond acceptors (Lipinski definition) is 3. The predicted molar refractivity (Wildman–Crippen MR) is 127 cm³/mol. The van der Waals surface area contributed by atoms with Crippen LogP contribution in [0.4, 0.5) is 4.39 Å². The maximum atomic E-state index is 13.4. The molecule has 1 aromatic heterocycles. The van der Waals surface area contributed by atoms with E-state index in [4.69, 9.17) is 5.41 Å². The predicted octanol–water partition coefficient (Wildman–Crippen LogP) is 5.16. The fraction of sp³-hybridized carbons (Fsp3) is 0.231. The van der Waals surface area contributed by atoms with E-state index in [0.717, 1.165) is 28.9 Å². The molecule has 0 bridgehead atoms. The molecule has 2 heterocycles. The third-order valence-electron chi connectivity index (χ3n) is 6.02. The Bertz CT molecular complexity index is 1190. The lowest BCUT2D eigenvalue weighted by molar-refractivity contribution is 0.304. The van der Waals surface area contributed by atoms with E-state index >= 15 is 0 Å². The summed E-state index contributed by atoms with van der Waals surface area (Å²) in [4.78, 5) is 6.19. The molecule has 1 aliphatic rings. The second-order valence-electron chi connectivity index (χ2n) is 8.30. The molecule has 2 N–H and O–H groups in total. The standard InChI is InChI=1S/C26H28FN5/c1-5-21-14-20(6-12-24(21)31-15-18(2)30-17-31)7-13-25(28)32-19(3)29-16-26(32,4)22-8-10-23(27)11-9-22/h6-15,17,28-29H,3,5,16H2,1-2,4H3/b13-7+,28-25?. The first kappa shape index (κ1) is 21.6. The van der Waals surface area contributed by atoms with E-state index in [1.807, 2.05) is 48.0 Å². The van der Waals surface area contributed by atoms with Crippen molar-refractivity contribution in [3.8, 4) is 5.69 Å². The lowest BCUT2D eigenvalue weighted by Crippen LogP contribution is -2.42. The van der Waals surface area contributed by atoms with Gasteiger partial charge in [0, 0.05) is 18.4 Å². The van der Waals surface area contributed by atoms with Gasteiger partial charge in [-0.25, -0.2) is 9.37 Å². The minimum atomic E-state index is -0.524. The van der Waals surface area contributed by atoms with Gasteiger partial charge in [-0.05, 0) is 67.3 Å². The summed E-state index contributed by atoms with van der Waals surface area (Å²) < 4.78 is 15.5. The van der Waals surface area contributed by atoms with Crippen molar-refractivity contribution in [2.24, 2.45) is 0 Å². The third-order valence-corrected chi connectivity index (χ3v) is 6.02. The van der Waals surface area contributed by atoms with E-state index in [2.05, 4.69) is 35.9 Å².